The van der Waals surface area contributed by atoms with Crippen molar-refractivity contribution in [2.45, 2.75) is 26.3 Å². The molecule has 0 aliphatic carbocycles. The van der Waals surface area contributed by atoms with Gasteiger partial charge in [-0.1, -0.05) is 25.1 Å². The first-order chi connectivity index (χ1) is 12.2. The first-order valence-corrected chi connectivity index (χ1v) is 8.74. The zero-order chi connectivity index (χ0) is 17.6. The van der Waals surface area contributed by atoms with Gasteiger partial charge in [-0.2, -0.15) is 0 Å². The maximum Gasteiger partial charge on any atom is 0.194 e. The van der Waals surface area contributed by atoms with Crippen LogP contribution >= 0.6 is 0 Å². The molecular weight excluding hydrogens is 316 g/mol. The van der Waals surface area contributed by atoms with Crippen molar-refractivity contribution >= 4 is 11.8 Å². The van der Waals surface area contributed by atoms with E-state index < -0.39 is 0 Å². The van der Waals surface area contributed by atoms with Crippen LogP contribution in [0.25, 0.3) is 0 Å². The van der Waals surface area contributed by atoms with E-state index in [1.165, 1.54) is 0 Å². The smallest absolute Gasteiger partial charge is 0.194 e. The molecule has 0 bridgehead atoms. The van der Waals surface area contributed by atoms with Crippen molar-refractivity contribution in [3.63, 3.8) is 0 Å². The van der Waals surface area contributed by atoms with Gasteiger partial charge in [0.25, 0.3) is 0 Å². The molecule has 134 valence electrons. The van der Waals surface area contributed by atoms with E-state index in [0.29, 0.717) is 12.5 Å². The van der Waals surface area contributed by atoms with Gasteiger partial charge in [0.1, 0.15) is 5.82 Å². The van der Waals surface area contributed by atoms with Gasteiger partial charge < -0.3 is 19.6 Å². The first kappa shape index (κ1) is 17.3. The highest BCUT2D eigenvalue weighted by molar-refractivity contribution is 5.80. The fourth-order valence-corrected chi connectivity index (χ4v) is 2.87. The number of guanidine groups is 1. The van der Waals surface area contributed by atoms with Crippen LogP contribution in [0.1, 0.15) is 31.2 Å². The van der Waals surface area contributed by atoms with Gasteiger partial charge in [-0.25, -0.2) is 4.98 Å². The highest BCUT2D eigenvalue weighted by Crippen LogP contribution is 2.15. The van der Waals surface area contributed by atoms with Crippen molar-refractivity contribution in [1.29, 1.82) is 0 Å². The van der Waals surface area contributed by atoms with Gasteiger partial charge in [0, 0.05) is 45.5 Å². The number of aliphatic imine (C=N–C) groups is 1. The highest BCUT2D eigenvalue weighted by Gasteiger charge is 2.20. The molecule has 7 heteroatoms. The second-order valence-electron chi connectivity index (χ2n) is 6.44. The summed E-state index contributed by atoms with van der Waals surface area (Å²) in [6.07, 6.45) is 1.84. The lowest BCUT2D eigenvalue weighted by Crippen LogP contribution is -2.52. The molecule has 0 amide bonds. The Labute approximate surface area is 148 Å². The van der Waals surface area contributed by atoms with Crippen molar-refractivity contribution in [2.24, 2.45) is 4.99 Å². The minimum atomic E-state index is 0.372. The third kappa shape index (κ3) is 4.29. The van der Waals surface area contributed by atoms with Crippen LogP contribution in [0, 0.1) is 0 Å². The van der Waals surface area contributed by atoms with Gasteiger partial charge in [-0.15, -0.1) is 0 Å². The fraction of sp³-hybridized carbons (Fsp3) is 0.500. The number of piperazine rings is 1. The minimum absolute atomic E-state index is 0.372. The topological polar surface area (TPSA) is 69.8 Å². The SMILES string of the molecule is CN=C(NCc1cc(C(C)C)no1)N1CCN(c2ccccn2)CC1. The largest absolute Gasteiger partial charge is 0.359 e. The average molecular weight is 342 g/mol. The Bertz CT molecular complexity index is 689. The van der Waals surface area contributed by atoms with Gasteiger partial charge in [-0.05, 0) is 18.1 Å². The normalized spacial score (nSPS) is 15.8. The van der Waals surface area contributed by atoms with Crippen LogP contribution in [0.3, 0.4) is 0 Å². The monoisotopic (exact) mass is 342 g/mol. The van der Waals surface area contributed by atoms with Crippen LogP contribution in [0.5, 0.6) is 0 Å². The van der Waals surface area contributed by atoms with Crippen LogP contribution in [-0.2, 0) is 6.54 Å². The van der Waals surface area contributed by atoms with Crippen LogP contribution in [0.4, 0.5) is 5.82 Å². The molecular formula is C18H26N6O. The lowest BCUT2D eigenvalue weighted by atomic mass is 10.1. The molecule has 0 unspecified atom stereocenters. The zero-order valence-electron chi connectivity index (χ0n) is 15.1. The maximum atomic E-state index is 5.38. The second kappa shape index (κ2) is 8.00. The summed E-state index contributed by atoms with van der Waals surface area (Å²) in [5.41, 5.74) is 0.982. The molecule has 2 aromatic heterocycles. The van der Waals surface area contributed by atoms with Crippen molar-refractivity contribution in [1.82, 2.24) is 20.4 Å². The summed E-state index contributed by atoms with van der Waals surface area (Å²) in [5, 5.41) is 7.46. The molecule has 0 atom stereocenters. The number of hydrogen-bond acceptors (Lipinski definition) is 5. The van der Waals surface area contributed by atoms with Gasteiger partial charge in [-0.3, -0.25) is 4.99 Å². The zero-order valence-corrected chi connectivity index (χ0v) is 15.1. The number of aromatic nitrogens is 2. The van der Waals surface area contributed by atoms with Crippen molar-refractivity contribution in [3.8, 4) is 0 Å². The lowest BCUT2D eigenvalue weighted by molar-refractivity contribution is 0.354. The van der Waals surface area contributed by atoms with Crippen molar-refractivity contribution < 1.29 is 4.52 Å². The Morgan fingerprint density at radius 2 is 2.08 bits per heavy atom. The molecule has 7 nitrogen and oxygen atoms in total. The third-order valence-electron chi connectivity index (χ3n) is 4.35. The Morgan fingerprint density at radius 3 is 2.68 bits per heavy atom. The summed E-state index contributed by atoms with van der Waals surface area (Å²) in [4.78, 5) is 13.4. The predicted octanol–water partition coefficient (Wildman–Crippen LogP) is 2.09. The van der Waals surface area contributed by atoms with Gasteiger partial charge >= 0.3 is 0 Å². The Balaban J connectivity index is 1.52. The number of pyridine rings is 1. The molecule has 1 aliphatic heterocycles. The number of rotatable bonds is 4. The maximum absolute atomic E-state index is 5.38. The standard InChI is InChI=1S/C18H26N6O/c1-14(2)16-12-15(25-22-16)13-21-18(19-3)24-10-8-23(9-11-24)17-6-4-5-7-20-17/h4-7,12,14H,8-11,13H2,1-3H3,(H,19,21). The number of nitrogens with one attached hydrogen (secondary N) is 1. The summed E-state index contributed by atoms with van der Waals surface area (Å²) < 4.78 is 5.38. The Kier molecular flexibility index (Phi) is 5.53. The number of anilines is 1. The Hall–Kier alpha value is -2.57. The van der Waals surface area contributed by atoms with E-state index in [1.807, 2.05) is 31.4 Å². The quantitative estimate of drug-likeness (QED) is 0.678. The molecule has 0 aromatic carbocycles. The van der Waals surface area contributed by atoms with Crippen LogP contribution in [0.15, 0.2) is 40.0 Å². The van der Waals surface area contributed by atoms with E-state index in [1.54, 1.807) is 0 Å². The molecule has 3 rings (SSSR count). The molecule has 3 heterocycles. The van der Waals surface area contributed by atoms with Crippen molar-refractivity contribution in [2.75, 3.05) is 38.1 Å². The average Bonchev–Trinajstić information content (AvgIpc) is 3.13. The van der Waals surface area contributed by atoms with Crippen LogP contribution in [-0.4, -0.2) is 54.2 Å². The van der Waals surface area contributed by atoms with Gasteiger partial charge in [0.15, 0.2) is 11.7 Å². The lowest BCUT2D eigenvalue weighted by Gasteiger charge is -2.37. The summed E-state index contributed by atoms with van der Waals surface area (Å²) in [5.74, 6) is 3.13. The van der Waals surface area contributed by atoms with Crippen molar-refractivity contribution in [3.05, 3.63) is 41.9 Å². The molecule has 2 aromatic rings. The first-order valence-electron chi connectivity index (χ1n) is 8.74. The molecule has 1 N–H and O–H groups in total. The van der Waals surface area contributed by atoms with Gasteiger partial charge in [0.2, 0.25) is 0 Å². The second-order valence-corrected chi connectivity index (χ2v) is 6.44. The molecule has 0 radical (unpaired) electrons. The summed E-state index contributed by atoms with van der Waals surface area (Å²) >= 11 is 0. The van der Waals surface area contributed by atoms with E-state index in [2.05, 4.69) is 50.2 Å². The van der Waals surface area contributed by atoms with E-state index in [-0.39, 0.29) is 0 Å². The minimum Gasteiger partial charge on any atom is -0.359 e. The molecule has 0 saturated carbocycles. The molecule has 25 heavy (non-hydrogen) atoms. The molecule has 1 saturated heterocycles. The fourth-order valence-electron chi connectivity index (χ4n) is 2.87. The van der Waals surface area contributed by atoms with Crippen LogP contribution < -0.4 is 10.2 Å². The summed E-state index contributed by atoms with van der Waals surface area (Å²) in [6.45, 7) is 8.47. The summed E-state index contributed by atoms with van der Waals surface area (Å²) in [7, 11) is 1.81. The highest BCUT2D eigenvalue weighted by atomic mass is 16.5. The summed E-state index contributed by atoms with van der Waals surface area (Å²) in [6, 6.07) is 8.03. The Morgan fingerprint density at radius 1 is 1.28 bits per heavy atom. The third-order valence-corrected chi connectivity index (χ3v) is 4.35. The van der Waals surface area contributed by atoms with E-state index in [9.17, 15) is 0 Å². The number of hydrogen-bond donors (Lipinski definition) is 1. The molecule has 0 spiro atoms. The molecule has 1 fully saturated rings. The number of nitrogens with zero attached hydrogens (tertiary/aromatic N) is 5. The predicted molar refractivity (Wildman–Crippen MR) is 98.8 cm³/mol. The van der Waals surface area contributed by atoms with E-state index in [0.717, 1.165) is 49.4 Å². The van der Waals surface area contributed by atoms with Gasteiger partial charge in [0.05, 0.1) is 12.2 Å². The molecule has 1 aliphatic rings. The van der Waals surface area contributed by atoms with E-state index in [4.69, 9.17) is 4.52 Å². The van der Waals surface area contributed by atoms with E-state index >= 15 is 0 Å². The van der Waals surface area contributed by atoms with Crippen LogP contribution in [0.2, 0.25) is 0 Å².